The summed E-state index contributed by atoms with van der Waals surface area (Å²) in [6, 6.07) is 15.5. The first-order chi connectivity index (χ1) is 15.0. The second-order valence-electron chi connectivity index (χ2n) is 6.81. The fourth-order valence-electron chi connectivity index (χ4n) is 3.34. The van der Waals surface area contributed by atoms with Crippen LogP contribution in [0.5, 0.6) is 11.5 Å². The van der Waals surface area contributed by atoms with Crippen LogP contribution in [-0.2, 0) is 0 Å². The maximum Gasteiger partial charge on any atom is 0.216 e. The number of H-pyrrole nitrogens is 1. The number of hydrogen-bond acceptors (Lipinski definition) is 6. The van der Waals surface area contributed by atoms with Crippen LogP contribution in [0.2, 0.25) is 0 Å². The lowest BCUT2D eigenvalue weighted by molar-refractivity contribution is 0.355. The van der Waals surface area contributed by atoms with Crippen molar-refractivity contribution in [2.24, 2.45) is 5.10 Å². The molecule has 31 heavy (non-hydrogen) atoms. The summed E-state index contributed by atoms with van der Waals surface area (Å²) in [6.45, 7) is 3.97. The molecule has 0 aliphatic rings. The summed E-state index contributed by atoms with van der Waals surface area (Å²) < 4.78 is 14.6. The molecule has 0 amide bonds. The van der Waals surface area contributed by atoms with Crippen molar-refractivity contribution in [2.75, 3.05) is 14.2 Å². The Morgan fingerprint density at radius 3 is 2.48 bits per heavy atom. The Hall–Kier alpha value is -3.72. The lowest BCUT2D eigenvalue weighted by Gasteiger charge is -2.09. The van der Waals surface area contributed by atoms with Gasteiger partial charge in [0.15, 0.2) is 17.3 Å². The summed E-state index contributed by atoms with van der Waals surface area (Å²) in [6.07, 6.45) is 1.76. The van der Waals surface area contributed by atoms with E-state index in [-0.39, 0.29) is 0 Å². The number of benzene rings is 2. The highest BCUT2D eigenvalue weighted by atomic mass is 32.1. The van der Waals surface area contributed by atoms with Gasteiger partial charge in [-0.15, -0.1) is 0 Å². The third-order valence-corrected chi connectivity index (χ3v) is 5.21. The first-order valence-corrected chi connectivity index (χ1v) is 10.00. The van der Waals surface area contributed by atoms with Crippen molar-refractivity contribution in [3.05, 3.63) is 70.3 Å². The van der Waals surface area contributed by atoms with Gasteiger partial charge in [0.25, 0.3) is 0 Å². The molecule has 0 aliphatic carbocycles. The van der Waals surface area contributed by atoms with Gasteiger partial charge < -0.3 is 9.47 Å². The van der Waals surface area contributed by atoms with Gasteiger partial charge in [-0.25, -0.2) is 9.78 Å². The van der Waals surface area contributed by atoms with Crippen molar-refractivity contribution in [2.45, 2.75) is 13.8 Å². The van der Waals surface area contributed by atoms with Gasteiger partial charge in [0, 0.05) is 11.1 Å². The van der Waals surface area contributed by atoms with Gasteiger partial charge in [-0.3, -0.25) is 0 Å². The number of hydrogen-bond donors (Lipinski definition) is 1. The molecular formula is C22H22N6O2S. The van der Waals surface area contributed by atoms with Crippen LogP contribution in [0.3, 0.4) is 0 Å². The van der Waals surface area contributed by atoms with E-state index in [9.17, 15) is 0 Å². The molecule has 2 heterocycles. The monoisotopic (exact) mass is 434 g/mol. The Balaban J connectivity index is 1.73. The lowest BCUT2D eigenvalue weighted by atomic mass is 10.2. The molecule has 0 aliphatic heterocycles. The zero-order chi connectivity index (χ0) is 22.0. The highest BCUT2D eigenvalue weighted by Crippen LogP contribution is 2.31. The molecule has 1 N–H and O–H groups in total. The van der Waals surface area contributed by atoms with E-state index in [2.05, 4.69) is 20.4 Å². The van der Waals surface area contributed by atoms with Crippen LogP contribution in [0.25, 0.3) is 17.1 Å². The number of aryl methyl sites for hydroxylation is 1. The summed E-state index contributed by atoms with van der Waals surface area (Å²) in [5.41, 5.74) is 4.55. The van der Waals surface area contributed by atoms with Gasteiger partial charge in [-0.1, -0.05) is 18.2 Å². The first-order valence-electron chi connectivity index (χ1n) is 9.59. The zero-order valence-electron chi connectivity index (χ0n) is 17.7. The van der Waals surface area contributed by atoms with E-state index in [1.807, 2.05) is 67.1 Å². The van der Waals surface area contributed by atoms with Crippen molar-refractivity contribution in [3.8, 4) is 28.6 Å². The van der Waals surface area contributed by atoms with Crippen molar-refractivity contribution in [1.82, 2.24) is 24.7 Å². The highest BCUT2D eigenvalue weighted by Gasteiger charge is 2.14. The number of para-hydroxylation sites is 1. The summed E-state index contributed by atoms with van der Waals surface area (Å²) in [5, 5.41) is 16.4. The molecular weight excluding hydrogens is 412 g/mol. The van der Waals surface area contributed by atoms with Crippen LogP contribution in [0, 0.1) is 18.6 Å². The van der Waals surface area contributed by atoms with E-state index in [0.717, 1.165) is 28.2 Å². The van der Waals surface area contributed by atoms with Crippen LogP contribution in [-0.4, -0.2) is 45.1 Å². The second-order valence-corrected chi connectivity index (χ2v) is 7.20. The van der Waals surface area contributed by atoms with Crippen molar-refractivity contribution < 1.29 is 9.47 Å². The van der Waals surface area contributed by atoms with E-state index in [1.165, 1.54) is 0 Å². The highest BCUT2D eigenvalue weighted by molar-refractivity contribution is 7.71. The van der Waals surface area contributed by atoms with Gasteiger partial charge in [0.1, 0.15) is 0 Å². The predicted octanol–water partition coefficient (Wildman–Crippen LogP) is 4.31. The minimum absolute atomic E-state index is 0.381. The van der Waals surface area contributed by atoms with Crippen molar-refractivity contribution in [3.63, 3.8) is 0 Å². The van der Waals surface area contributed by atoms with Crippen LogP contribution in [0.15, 0.2) is 53.6 Å². The molecule has 0 fully saturated rings. The molecule has 0 bridgehead atoms. The minimum Gasteiger partial charge on any atom is -0.493 e. The fourth-order valence-corrected chi connectivity index (χ4v) is 3.52. The average Bonchev–Trinajstić information content (AvgIpc) is 3.31. The topological polar surface area (TPSA) is 82.3 Å². The number of nitrogens with one attached hydrogen (secondary N) is 1. The third-order valence-electron chi connectivity index (χ3n) is 4.94. The average molecular weight is 435 g/mol. The fraction of sp³-hybridized carbons (Fsp3) is 0.182. The van der Waals surface area contributed by atoms with E-state index in [1.54, 1.807) is 25.1 Å². The van der Waals surface area contributed by atoms with Crippen LogP contribution in [0.1, 0.15) is 17.0 Å². The van der Waals surface area contributed by atoms with Crippen LogP contribution >= 0.6 is 12.2 Å². The quantitative estimate of drug-likeness (QED) is 0.361. The smallest absolute Gasteiger partial charge is 0.216 e. The zero-order valence-corrected chi connectivity index (χ0v) is 18.5. The molecule has 2 aromatic carbocycles. The molecule has 0 unspecified atom stereocenters. The second kappa shape index (κ2) is 8.57. The SMILES string of the molecule is COc1ccc(-c2n[nH]c(=S)n2/N=C/c2c(C)nn(-c3ccccc3)c2C)cc1OC. The molecule has 4 rings (SSSR count). The lowest BCUT2D eigenvalue weighted by Crippen LogP contribution is -2.00. The molecule has 4 aromatic rings. The Labute approximate surface area is 184 Å². The normalized spacial score (nSPS) is 11.2. The number of methoxy groups -OCH3 is 2. The maximum absolute atomic E-state index is 5.40. The molecule has 0 saturated heterocycles. The first kappa shape index (κ1) is 20.5. The van der Waals surface area contributed by atoms with E-state index in [4.69, 9.17) is 21.7 Å². The Morgan fingerprint density at radius 2 is 1.77 bits per heavy atom. The number of ether oxygens (including phenoxy) is 2. The van der Waals surface area contributed by atoms with E-state index < -0.39 is 0 Å². The molecule has 0 spiro atoms. The van der Waals surface area contributed by atoms with Gasteiger partial charge >= 0.3 is 0 Å². The van der Waals surface area contributed by atoms with Crippen LogP contribution < -0.4 is 9.47 Å². The summed E-state index contributed by atoms with van der Waals surface area (Å²) in [4.78, 5) is 0. The van der Waals surface area contributed by atoms with Gasteiger partial charge in [0.05, 0.1) is 37.5 Å². The molecule has 0 saturated carbocycles. The van der Waals surface area contributed by atoms with Gasteiger partial charge in [0.2, 0.25) is 4.77 Å². The Bertz CT molecular complexity index is 1300. The largest absolute Gasteiger partial charge is 0.493 e. The van der Waals surface area contributed by atoms with Crippen LogP contribution in [0.4, 0.5) is 0 Å². The van der Waals surface area contributed by atoms with Gasteiger partial charge in [-0.2, -0.15) is 20.0 Å². The van der Waals surface area contributed by atoms with E-state index in [0.29, 0.717) is 22.1 Å². The molecule has 158 valence electrons. The van der Waals surface area contributed by atoms with E-state index >= 15 is 0 Å². The Kier molecular flexibility index (Phi) is 5.68. The molecule has 0 atom stereocenters. The molecule has 0 radical (unpaired) electrons. The van der Waals surface area contributed by atoms with Crippen molar-refractivity contribution >= 4 is 18.4 Å². The number of nitrogens with zero attached hydrogens (tertiary/aromatic N) is 5. The molecule has 8 nitrogen and oxygen atoms in total. The molecule has 9 heteroatoms. The summed E-state index contributed by atoms with van der Waals surface area (Å²) in [5.74, 6) is 1.79. The predicted molar refractivity (Wildman–Crippen MR) is 122 cm³/mol. The maximum atomic E-state index is 5.40. The Morgan fingerprint density at radius 1 is 1.03 bits per heavy atom. The van der Waals surface area contributed by atoms with Crippen molar-refractivity contribution in [1.29, 1.82) is 0 Å². The number of aromatic amines is 1. The van der Waals surface area contributed by atoms with Gasteiger partial charge in [-0.05, 0) is 56.4 Å². The summed E-state index contributed by atoms with van der Waals surface area (Å²) in [7, 11) is 3.19. The molecule has 2 aromatic heterocycles. The number of rotatable bonds is 6. The standard InChI is InChI=1S/C22H22N6O2S/c1-14-18(15(2)27(26-14)17-8-6-5-7-9-17)13-23-28-21(24-25-22(28)31)16-10-11-19(29-3)20(12-16)30-4/h5-13H,1-4H3,(H,25,31)/b23-13+. The number of aromatic nitrogens is 5. The minimum atomic E-state index is 0.381. The summed E-state index contributed by atoms with van der Waals surface area (Å²) >= 11 is 5.40. The third kappa shape index (κ3) is 3.87.